The van der Waals surface area contributed by atoms with Crippen LogP contribution in [0.2, 0.25) is 0 Å². The van der Waals surface area contributed by atoms with Crippen molar-refractivity contribution in [2.45, 2.75) is 0 Å². The molecule has 0 saturated heterocycles. The summed E-state index contributed by atoms with van der Waals surface area (Å²) in [5.74, 6) is 1.39. The highest BCUT2D eigenvalue weighted by Gasteiger charge is 2.24. The normalized spacial score (nSPS) is 11.2. The molecule has 0 spiro atoms. The summed E-state index contributed by atoms with van der Waals surface area (Å²) in [6.07, 6.45) is 0. The molecule has 0 atom stereocenters. The van der Waals surface area contributed by atoms with Gasteiger partial charge in [0.15, 0.2) is 17.5 Å². The van der Waals surface area contributed by atoms with Gasteiger partial charge in [0.25, 0.3) is 0 Å². The molecule has 0 saturated carbocycles. The lowest BCUT2D eigenvalue weighted by atomic mass is 9.99. The first-order valence-corrected chi connectivity index (χ1v) is 24.2. The van der Waals surface area contributed by atoms with Gasteiger partial charge in [-0.3, -0.25) is 0 Å². The van der Waals surface area contributed by atoms with Crippen molar-refractivity contribution in [2.75, 3.05) is 0 Å². The van der Waals surface area contributed by atoms with Crippen LogP contribution in [0.15, 0.2) is 231 Å². The second-order valence-corrected chi connectivity index (χ2v) is 18.2. The Morgan fingerprint density at radius 1 is 0.270 bits per heavy atom. The topological polar surface area (TPSA) is 120 Å². The van der Waals surface area contributed by atoms with Gasteiger partial charge in [0.05, 0.1) is 68.3 Å². The number of rotatable bonds is 8. The third-order valence-electron chi connectivity index (χ3n) is 13.9. The summed E-state index contributed by atoms with van der Waals surface area (Å²) in [6.45, 7) is 0. The maximum atomic E-state index is 9.96. The van der Waals surface area contributed by atoms with Gasteiger partial charge < -0.3 is 9.13 Å². The molecule has 0 N–H and O–H groups in total. The van der Waals surface area contributed by atoms with Crippen LogP contribution in [0.1, 0.15) is 16.7 Å². The molecule has 8 nitrogen and oxygen atoms in total. The minimum atomic E-state index is 0.460. The average molecular weight is 943 g/mol. The molecule has 0 aliphatic rings. The van der Waals surface area contributed by atoms with Crippen LogP contribution in [0.3, 0.4) is 0 Å². The molecule has 0 radical (unpaired) electrons. The molecule has 0 amide bonds. The van der Waals surface area contributed by atoms with Crippen molar-refractivity contribution in [3.05, 3.63) is 247 Å². The summed E-state index contributed by atoms with van der Waals surface area (Å²) in [7, 11) is 0. The van der Waals surface area contributed by atoms with Crippen molar-refractivity contribution >= 4 is 43.6 Å². The van der Waals surface area contributed by atoms with Gasteiger partial charge in [-0.2, -0.15) is 15.8 Å². The molecule has 3 heterocycles. The lowest BCUT2D eigenvalue weighted by Gasteiger charge is -2.18. The van der Waals surface area contributed by atoms with Gasteiger partial charge in [-0.25, -0.2) is 15.0 Å². The van der Waals surface area contributed by atoms with Gasteiger partial charge in [0.2, 0.25) is 0 Å². The van der Waals surface area contributed by atoms with Gasteiger partial charge in [-0.05, 0) is 124 Å². The Bertz CT molecular complexity index is 4190. The van der Waals surface area contributed by atoms with Gasteiger partial charge >= 0.3 is 0 Å². The third kappa shape index (κ3) is 7.42. The minimum Gasteiger partial charge on any atom is -0.308 e. The second-order valence-electron chi connectivity index (χ2n) is 18.2. The Kier molecular flexibility index (Phi) is 10.5. The lowest BCUT2D eigenvalue weighted by Crippen LogP contribution is -2.06. The molecular formula is C66H38N8. The van der Waals surface area contributed by atoms with E-state index in [9.17, 15) is 15.8 Å². The first-order valence-electron chi connectivity index (χ1n) is 24.2. The zero-order valence-corrected chi connectivity index (χ0v) is 39.5. The largest absolute Gasteiger partial charge is 0.308 e. The number of fused-ring (bicyclic) bond motifs is 6. The van der Waals surface area contributed by atoms with Crippen molar-refractivity contribution in [1.82, 2.24) is 24.1 Å². The van der Waals surface area contributed by atoms with Crippen LogP contribution in [0.4, 0.5) is 0 Å². The number of benzene rings is 10. The van der Waals surface area contributed by atoms with Crippen LogP contribution < -0.4 is 0 Å². The van der Waals surface area contributed by atoms with E-state index in [1.807, 2.05) is 84.9 Å². The Hall–Kier alpha value is -10.7. The zero-order valence-electron chi connectivity index (χ0n) is 39.5. The molecule has 8 heteroatoms. The van der Waals surface area contributed by atoms with E-state index >= 15 is 0 Å². The van der Waals surface area contributed by atoms with E-state index in [2.05, 4.69) is 173 Å². The molecule has 0 unspecified atom stereocenters. The summed E-state index contributed by atoms with van der Waals surface area (Å²) in [4.78, 5) is 16.4. The standard InChI is InChI=1S/C66H38N8/c67-39-42-26-28-45(29-27-42)48-16-11-17-51(36-48)64-70-65(56-32-30-49(46-14-9-12-43(34-46)40-68)37-62(56)73-58-22-5-1-18-52(58)53-19-2-6-23-59(53)73)72-66(71-64)57-33-31-50(47-15-10-13-44(35-47)41-69)38-63(57)74-60-24-7-3-20-54(60)55-21-4-8-25-61(55)74/h1-38H. The number of para-hydroxylation sites is 4. The average Bonchev–Trinajstić information content (AvgIpc) is 4.00. The van der Waals surface area contributed by atoms with Crippen molar-refractivity contribution in [2.24, 2.45) is 0 Å². The van der Waals surface area contributed by atoms with E-state index in [1.165, 1.54) is 0 Å². The number of hydrogen-bond acceptors (Lipinski definition) is 6. The quantitative estimate of drug-likeness (QED) is 0.150. The molecule has 0 aliphatic heterocycles. The van der Waals surface area contributed by atoms with Crippen LogP contribution in [-0.4, -0.2) is 24.1 Å². The molecule has 0 aliphatic carbocycles. The van der Waals surface area contributed by atoms with Gasteiger partial charge in [0.1, 0.15) is 0 Å². The fraction of sp³-hybridized carbons (Fsp3) is 0. The van der Waals surface area contributed by atoms with Gasteiger partial charge in [0, 0.05) is 38.2 Å². The van der Waals surface area contributed by atoms with Gasteiger partial charge in [-0.15, -0.1) is 0 Å². The van der Waals surface area contributed by atoms with E-state index in [1.54, 1.807) is 0 Å². The molecule has 74 heavy (non-hydrogen) atoms. The first-order chi connectivity index (χ1) is 36.5. The Morgan fingerprint density at radius 3 is 1.05 bits per heavy atom. The summed E-state index contributed by atoms with van der Waals surface area (Å²) < 4.78 is 4.58. The van der Waals surface area contributed by atoms with Crippen LogP contribution in [0.5, 0.6) is 0 Å². The molecular weight excluding hydrogens is 905 g/mol. The maximum absolute atomic E-state index is 9.96. The van der Waals surface area contributed by atoms with E-state index in [0.717, 1.165) is 105 Å². The van der Waals surface area contributed by atoms with Crippen LogP contribution in [-0.2, 0) is 0 Å². The van der Waals surface area contributed by atoms with Crippen molar-refractivity contribution in [1.29, 1.82) is 15.8 Å². The summed E-state index contributed by atoms with van der Waals surface area (Å²) in [5.41, 5.74) is 15.4. The third-order valence-corrected chi connectivity index (χ3v) is 13.9. The van der Waals surface area contributed by atoms with E-state index < -0.39 is 0 Å². The monoisotopic (exact) mass is 942 g/mol. The number of nitrogens with zero attached hydrogens (tertiary/aromatic N) is 8. The van der Waals surface area contributed by atoms with Crippen LogP contribution in [0.25, 0.3) is 123 Å². The first kappa shape index (κ1) is 43.3. The summed E-state index contributed by atoms with van der Waals surface area (Å²) in [5, 5.41) is 34.0. The van der Waals surface area contributed by atoms with Crippen molar-refractivity contribution in [3.8, 4) is 97.1 Å². The second kappa shape index (κ2) is 17.9. The molecule has 0 bridgehead atoms. The Labute approximate surface area is 425 Å². The smallest absolute Gasteiger partial charge is 0.166 e. The number of nitriles is 3. The predicted octanol–water partition coefficient (Wildman–Crippen LogP) is 15.7. The highest BCUT2D eigenvalue weighted by molar-refractivity contribution is 6.11. The Balaban J connectivity index is 1.12. The van der Waals surface area contributed by atoms with Crippen molar-refractivity contribution in [3.63, 3.8) is 0 Å². The number of hydrogen-bond donors (Lipinski definition) is 0. The molecule has 342 valence electrons. The van der Waals surface area contributed by atoms with E-state index in [-0.39, 0.29) is 0 Å². The predicted molar refractivity (Wildman–Crippen MR) is 295 cm³/mol. The summed E-state index contributed by atoms with van der Waals surface area (Å²) in [6, 6.07) is 84.4. The fourth-order valence-electron chi connectivity index (χ4n) is 10.4. The lowest BCUT2D eigenvalue weighted by molar-refractivity contribution is 1.06. The van der Waals surface area contributed by atoms with Crippen LogP contribution >= 0.6 is 0 Å². The molecule has 10 aromatic carbocycles. The van der Waals surface area contributed by atoms with Crippen LogP contribution in [0, 0.1) is 34.0 Å². The molecule has 13 aromatic rings. The molecule has 13 rings (SSSR count). The van der Waals surface area contributed by atoms with Crippen molar-refractivity contribution < 1.29 is 0 Å². The summed E-state index contributed by atoms with van der Waals surface area (Å²) >= 11 is 0. The molecule has 0 fully saturated rings. The highest BCUT2D eigenvalue weighted by Crippen LogP contribution is 2.41. The maximum Gasteiger partial charge on any atom is 0.166 e. The minimum absolute atomic E-state index is 0.460. The Morgan fingerprint density at radius 2 is 0.622 bits per heavy atom. The van der Waals surface area contributed by atoms with Gasteiger partial charge in [-0.1, -0.05) is 140 Å². The van der Waals surface area contributed by atoms with E-state index in [0.29, 0.717) is 34.2 Å². The molecule has 3 aromatic heterocycles. The number of aromatic nitrogens is 5. The zero-order chi connectivity index (χ0) is 49.7. The highest BCUT2D eigenvalue weighted by atomic mass is 15.1. The SMILES string of the molecule is N#Cc1ccc(-c2cccc(-c3nc(-c4ccc(-c5cccc(C#N)c5)cc4-n4c5ccccc5c5ccccc54)nc(-c4ccc(-c5cccc(C#N)c5)cc4-n4c5ccccc5c5ccccc54)n3)c2)cc1. The fourth-order valence-corrected chi connectivity index (χ4v) is 10.4. The van der Waals surface area contributed by atoms with E-state index in [4.69, 9.17) is 15.0 Å².